The van der Waals surface area contributed by atoms with E-state index in [0.717, 1.165) is 19.4 Å². The molecule has 88 valence electrons. The fourth-order valence-electron chi connectivity index (χ4n) is 1.33. The van der Waals surface area contributed by atoms with Crippen LogP contribution in [0.25, 0.3) is 0 Å². The van der Waals surface area contributed by atoms with Crippen LogP contribution in [0.2, 0.25) is 0 Å². The van der Waals surface area contributed by atoms with Gasteiger partial charge in [-0.15, -0.1) is 0 Å². The van der Waals surface area contributed by atoms with Crippen LogP contribution in [0.1, 0.15) is 12.0 Å². The Morgan fingerprint density at radius 3 is 2.69 bits per heavy atom. The van der Waals surface area contributed by atoms with Crippen molar-refractivity contribution < 1.29 is 4.74 Å². The van der Waals surface area contributed by atoms with Gasteiger partial charge in [-0.3, -0.25) is 5.41 Å². The van der Waals surface area contributed by atoms with E-state index in [1.165, 1.54) is 5.56 Å². The molecular formula is C12H19N3O. The fourth-order valence-corrected chi connectivity index (χ4v) is 1.33. The second kappa shape index (κ2) is 7.70. The van der Waals surface area contributed by atoms with Crippen LogP contribution in [0, 0.1) is 5.41 Å². The summed E-state index contributed by atoms with van der Waals surface area (Å²) in [5.74, 6) is 0.0179. The van der Waals surface area contributed by atoms with Gasteiger partial charge in [0.2, 0.25) is 0 Å². The van der Waals surface area contributed by atoms with Gasteiger partial charge in [0.1, 0.15) is 0 Å². The molecule has 0 aliphatic heterocycles. The third-order valence-corrected chi connectivity index (χ3v) is 2.16. The highest BCUT2D eigenvalue weighted by atomic mass is 16.5. The lowest BCUT2D eigenvalue weighted by atomic mass is 10.2. The summed E-state index contributed by atoms with van der Waals surface area (Å²) in [5, 5.41) is 9.68. The van der Waals surface area contributed by atoms with Crippen molar-refractivity contribution in [2.45, 2.75) is 12.8 Å². The third-order valence-electron chi connectivity index (χ3n) is 2.16. The first kappa shape index (κ1) is 12.5. The van der Waals surface area contributed by atoms with Crippen LogP contribution >= 0.6 is 0 Å². The van der Waals surface area contributed by atoms with Gasteiger partial charge in [-0.25, -0.2) is 0 Å². The summed E-state index contributed by atoms with van der Waals surface area (Å²) < 4.78 is 5.47. The van der Waals surface area contributed by atoms with E-state index in [0.29, 0.717) is 13.2 Å². The fraction of sp³-hybridized carbons (Fsp3) is 0.417. The van der Waals surface area contributed by atoms with E-state index >= 15 is 0 Å². The van der Waals surface area contributed by atoms with Crippen molar-refractivity contribution in [3.8, 4) is 0 Å². The summed E-state index contributed by atoms with van der Waals surface area (Å²) >= 11 is 0. The summed E-state index contributed by atoms with van der Waals surface area (Å²) in [7, 11) is 0. The molecule has 0 amide bonds. The highest BCUT2D eigenvalue weighted by molar-refractivity contribution is 5.74. The molecule has 0 aliphatic carbocycles. The number of guanidine groups is 1. The molecule has 0 atom stereocenters. The van der Waals surface area contributed by atoms with Crippen molar-refractivity contribution in [3.05, 3.63) is 35.9 Å². The molecule has 0 radical (unpaired) electrons. The molecule has 0 heterocycles. The summed E-state index contributed by atoms with van der Waals surface area (Å²) in [4.78, 5) is 0. The number of hydrogen-bond donors (Lipinski definition) is 3. The predicted octanol–water partition coefficient (Wildman–Crippen LogP) is 1.12. The number of ether oxygens (including phenoxy) is 1. The van der Waals surface area contributed by atoms with Crippen LogP contribution in [0.15, 0.2) is 30.3 Å². The molecule has 0 unspecified atom stereocenters. The Morgan fingerprint density at radius 2 is 2.00 bits per heavy atom. The van der Waals surface area contributed by atoms with Crippen molar-refractivity contribution in [1.29, 1.82) is 5.41 Å². The van der Waals surface area contributed by atoms with Gasteiger partial charge >= 0.3 is 0 Å². The van der Waals surface area contributed by atoms with Crippen LogP contribution in [0.4, 0.5) is 0 Å². The van der Waals surface area contributed by atoms with Gasteiger partial charge in [0.15, 0.2) is 5.96 Å². The van der Waals surface area contributed by atoms with Crippen LogP contribution < -0.4 is 11.1 Å². The van der Waals surface area contributed by atoms with Crippen LogP contribution in [0.5, 0.6) is 0 Å². The summed E-state index contributed by atoms with van der Waals surface area (Å²) in [6.07, 6.45) is 1.81. The van der Waals surface area contributed by atoms with E-state index in [4.69, 9.17) is 15.9 Å². The standard InChI is InChI=1S/C12H19N3O/c13-12(14)15-8-4-9-16-10-7-11-5-2-1-3-6-11/h1-3,5-6H,4,7-10H2,(H4,13,14,15). The number of rotatable bonds is 7. The monoisotopic (exact) mass is 221 g/mol. The molecule has 0 aromatic heterocycles. The lowest BCUT2D eigenvalue weighted by Crippen LogP contribution is -2.31. The normalized spacial score (nSPS) is 10.0. The Balaban J connectivity index is 1.94. The number of benzene rings is 1. The molecule has 1 rings (SSSR count). The van der Waals surface area contributed by atoms with Gasteiger partial charge in [0.05, 0.1) is 6.61 Å². The molecule has 0 bridgehead atoms. The lowest BCUT2D eigenvalue weighted by molar-refractivity contribution is 0.135. The minimum Gasteiger partial charge on any atom is -0.381 e. The maximum atomic E-state index is 6.95. The van der Waals surface area contributed by atoms with Gasteiger partial charge in [0.25, 0.3) is 0 Å². The molecule has 4 N–H and O–H groups in total. The van der Waals surface area contributed by atoms with Gasteiger partial charge in [-0.1, -0.05) is 30.3 Å². The average Bonchev–Trinajstić information content (AvgIpc) is 2.29. The number of nitrogens with one attached hydrogen (secondary N) is 2. The van der Waals surface area contributed by atoms with Crippen molar-refractivity contribution >= 4 is 5.96 Å². The zero-order valence-corrected chi connectivity index (χ0v) is 9.41. The highest BCUT2D eigenvalue weighted by Gasteiger charge is 1.93. The topological polar surface area (TPSA) is 71.1 Å². The van der Waals surface area contributed by atoms with E-state index in [1.54, 1.807) is 0 Å². The van der Waals surface area contributed by atoms with Crippen molar-refractivity contribution in [3.63, 3.8) is 0 Å². The Morgan fingerprint density at radius 1 is 1.25 bits per heavy atom. The first-order valence-electron chi connectivity index (χ1n) is 5.48. The maximum absolute atomic E-state index is 6.95. The highest BCUT2D eigenvalue weighted by Crippen LogP contribution is 1.99. The Kier molecular flexibility index (Phi) is 6.03. The molecule has 4 nitrogen and oxygen atoms in total. The molecule has 16 heavy (non-hydrogen) atoms. The molecule has 1 aromatic rings. The van der Waals surface area contributed by atoms with Crippen LogP contribution in [-0.4, -0.2) is 25.7 Å². The van der Waals surface area contributed by atoms with Gasteiger partial charge in [-0.2, -0.15) is 0 Å². The second-order valence-electron chi connectivity index (χ2n) is 3.54. The van der Waals surface area contributed by atoms with Gasteiger partial charge in [0, 0.05) is 13.2 Å². The van der Waals surface area contributed by atoms with E-state index in [-0.39, 0.29) is 5.96 Å². The molecule has 4 heteroatoms. The van der Waals surface area contributed by atoms with Gasteiger partial charge in [-0.05, 0) is 18.4 Å². The second-order valence-corrected chi connectivity index (χ2v) is 3.54. The van der Waals surface area contributed by atoms with E-state index in [9.17, 15) is 0 Å². The third kappa shape index (κ3) is 6.03. The summed E-state index contributed by atoms with van der Waals surface area (Å²) in [5.41, 5.74) is 6.44. The smallest absolute Gasteiger partial charge is 0.185 e. The molecule has 0 saturated heterocycles. The molecule has 1 aromatic carbocycles. The quantitative estimate of drug-likeness (QED) is 0.367. The largest absolute Gasteiger partial charge is 0.381 e. The Bertz CT molecular complexity index is 300. The van der Waals surface area contributed by atoms with E-state index in [1.807, 2.05) is 18.2 Å². The van der Waals surface area contributed by atoms with Crippen molar-refractivity contribution in [2.75, 3.05) is 19.8 Å². The number of nitrogens with two attached hydrogens (primary N) is 1. The molecule has 0 aliphatic rings. The predicted molar refractivity (Wildman–Crippen MR) is 65.5 cm³/mol. The molecule has 0 spiro atoms. The first-order valence-corrected chi connectivity index (χ1v) is 5.48. The van der Waals surface area contributed by atoms with Crippen molar-refractivity contribution in [2.24, 2.45) is 5.73 Å². The SMILES string of the molecule is N=C(N)NCCCOCCc1ccccc1. The molecule has 0 fully saturated rings. The van der Waals surface area contributed by atoms with Gasteiger partial charge < -0.3 is 15.8 Å². The lowest BCUT2D eigenvalue weighted by Gasteiger charge is -2.05. The molecule has 0 saturated carbocycles. The number of hydrogen-bond acceptors (Lipinski definition) is 2. The zero-order chi connectivity index (χ0) is 11.6. The first-order chi connectivity index (χ1) is 7.79. The maximum Gasteiger partial charge on any atom is 0.185 e. The van der Waals surface area contributed by atoms with Crippen LogP contribution in [0.3, 0.4) is 0 Å². The Hall–Kier alpha value is -1.55. The molecular weight excluding hydrogens is 202 g/mol. The minimum atomic E-state index is 0.0179. The van der Waals surface area contributed by atoms with E-state index < -0.39 is 0 Å². The summed E-state index contributed by atoms with van der Waals surface area (Å²) in [6, 6.07) is 10.3. The summed E-state index contributed by atoms with van der Waals surface area (Å²) in [6.45, 7) is 2.14. The van der Waals surface area contributed by atoms with Crippen molar-refractivity contribution in [1.82, 2.24) is 5.32 Å². The van der Waals surface area contributed by atoms with E-state index in [2.05, 4.69) is 17.4 Å². The van der Waals surface area contributed by atoms with Crippen LogP contribution in [-0.2, 0) is 11.2 Å². The zero-order valence-electron chi connectivity index (χ0n) is 9.41. The Labute approximate surface area is 96.3 Å². The average molecular weight is 221 g/mol. The minimum absolute atomic E-state index is 0.0179.